The van der Waals surface area contributed by atoms with Gasteiger partial charge in [0.15, 0.2) is 5.69 Å². The molecule has 0 aliphatic rings. The zero-order chi connectivity index (χ0) is 12.3. The number of methoxy groups -OCH3 is 1. The van der Waals surface area contributed by atoms with Crippen LogP contribution in [0.25, 0.3) is 0 Å². The number of esters is 1. The minimum Gasteiger partial charge on any atom is -0.464 e. The number of ether oxygens (including phenoxy) is 1. The van der Waals surface area contributed by atoms with E-state index >= 15 is 0 Å². The first kappa shape index (κ1) is 12.3. The molecule has 0 radical (unpaired) electrons. The van der Waals surface area contributed by atoms with Gasteiger partial charge in [-0.3, -0.25) is 0 Å². The summed E-state index contributed by atoms with van der Waals surface area (Å²) in [6.45, 7) is 6.43. The van der Waals surface area contributed by atoms with E-state index in [1.807, 2.05) is 26.8 Å². The van der Waals surface area contributed by atoms with E-state index in [0.29, 0.717) is 18.2 Å². The number of hydrogen-bond acceptors (Lipinski definition) is 4. The molecular weight excluding hydrogens is 206 g/mol. The van der Waals surface area contributed by atoms with Gasteiger partial charge in [0.1, 0.15) is 11.6 Å². The van der Waals surface area contributed by atoms with E-state index in [2.05, 4.69) is 9.72 Å². The molecule has 5 nitrogen and oxygen atoms in total. The van der Waals surface area contributed by atoms with Crippen molar-refractivity contribution in [2.45, 2.75) is 27.3 Å². The van der Waals surface area contributed by atoms with Gasteiger partial charge in [0, 0.05) is 6.54 Å². The molecule has 0 aliphatic heterocycles. The van der Waals surface area contributed by atoms with Crippen LogP contribution in [0, 0.1) is 6.92 Å². The van der Waals surface area contributed by atoms with E-state index in [1.165, 1.54) is 12.7 Å². The van der Waals surface area contributed by atoms with Crippen LogP contribution in [0.4, 0.5) is 5.82 Å². The van der Waals surface area contributed by atoms with Crippen molar-refractivity contribution in [1.29, 1.82) is 0 Å². The maximum absolute atomic E-state index is 11.3. The van der Waals surface area contributed by atoms with Crippen LogP contribution < -0.4 is 5.73 Å². The van der Waals surface area contributed by atoms with Crippen molar-refractivity contribution in [3.8, 4) is 0 Å². The molecular formula is C11H17N3O2. The quantitative estimate of drug-likeness (QED) is 0.623. The molecule has 16 heavy (non-hydrogen) atoms. The number of imidazole rings is 1. The van der Waals surface area contributed by atoms with Gasteiger partial charge < -0.3 is 15.0 Å². The first-order valence-corrected chi connectivity index (χ1v) is 5.01. The summed E-state index contributed by atoms with van der Waals surface area (Å²) < 4.78 is 6.38. The lowest BCUT2D eigenvalue weighted by Gasteiger charge is -2.04. The summed E-state index contributed by atoms with van der Waals surface area (Å²) in [4.78, 5) is 15.4. The fourth-order valence-corrected chi connectivity index (χ4v) is 1.33. The molecule has 0 bridgehead atoms. The molecule has 88 valence electrons. The van der Waals surface area contributed by atoms with Gasteiger partial charge in [-0.2, -0.15) is 0 Å². The van der Waals surface area contributed by atoms with Crippen molar-refractivity contribution < 1.29 is 9.53 Å². The second kappa shape index (κ2) is 4.83. The third kappa shape index (κ3) is 2.42. The first-order chi connectivity index (χ1) is 7.47. The average molecular weight is 223 g/mol. The summed E-state index contributed by atoms with van der Waals surface area (Å²) in [5.41, 5.74) is 7.21. The number of carbonyl (C=O) groups excluding carboxylic acids is 1. The molecule has 2 N–H and O–H groups in total. The predicted octanol–water partition coefficient (Wildman–Crippen LogP) is 1.53. The van der Waals surface area contributed by atoms with E-state index in [4.69, 9.17) is 5.73 Å². The summed E-state index contributed by atoms with van der Waals surface area (Å²) >= 11 is 0. The molecule has 0 spiro atoms. The van der Waals surface area contributed by atoms with Crippen LogP contribution in [0.2, 0.25) is 0 Å². The molecule has 0 atom stereocenters. The van der Waals surface area contributed by atoms with E-state index in [0.717, 1.165) is 0 Å². The van der Waals surface area contributed by atoms with Crippen molar-refractivity contribution >= 4 is 11.8 Å². The number of nitrogens with two attached hydrogens (primary N) is 1. The highest BCUT2D eigenvalue weighted by atomic mass is 16.5. The zero-order valence-electron chi connectivity index (χ0n) is 10.1. The fraction of sp³-hybridized carbons (Fsp3) is 0.455. The van der Waals surface area contributed by atoms with Crippen LogP contribution in [-0.4, -0.2) is 22.6 Å². The minimum atomic E-state index is -0.503. The summed E-state index contributed by atoms with van der Waals surface area (Å²) in [5.74, 6) is 0.550. The molecule has 0 saturated heterocycles. The highest BCUT2D eigenvalue weighted by Gasteiger charge is 2.18. The van der Waals surface area contributed by atoms with Crippen molar-refractivity contribution in [2.75, 3.05) is 12.8 Å². The summed E-state index contributed by atoms with van der Waals surface area (Å²) in [6.07, 6.45) is 2.02. The van der Waals surface area contributed by atoms with Crippen LogP contribution in [-0.2, 0) is 11.3 Å². The number of anilines is 1. The molecule has 0 unspecified atom stereocenters. The second-order valence-electron chi connectivity index (χ2n) is 3.78. The van der Waals surface area contributed by atoms with Gasteiger partial charge in [-0.05, 0) is 20.8 Å². The average Bonchev–Trinajstić information content (AvgIpc) is 2.51. The van der Waals surface area contributed by atoms with Gasteiger partial charge in [-0.25, -0.2) is 9.78 Å². The van der Waals surface area contributed by atoms with E-state index in [1.54, 1.807) is 4.57 Å². The van der Waals surface area contributed by atoms with Crippen molar-refractivity contribution in [3.63, 3.8) is 0 Å². The van der Waals surface area contributed by atoms with E-state index in [-0.39, 0.29) is 5.69 Å². The number of rotatable bonds is 3. The van der Waals surface area contributed by atoms with Crippen LogP contribution >= 0.6 is 0 Å². The Morgan fingerprint density at radius 2 is 2.19 bits per heavy atom. The third-order valence-corrected chi connectivity index (χ3v) is 2.26. The monoisotopic (exact) mass is 223 g/mol. The molecule has 1 heterocycles. The van der Waals surface area contributed by atoms with Crippen LogP contribution in [0.1, 0.15) is 30.2 Å². The first-order valence-electron chi connectivity index (χ1n) is 5.01. The Morgan fingerprint density at radius 1 is 1.56 bits per heavy atom. The van der Waals surface area contributed by atoms with E-state index < -0.39 is 5.97 Å². The number of aryl methyl sites for hydroxylation is 1. The highest BCUT2D eigenvalue weighted by Crippen LogP contribution is 2.15. The van der Waals surface area contributed by atoms with Gasteiger partial charge in [-0.15, -0.1) is 0 Å². The topological polar surface area (TPSA) is 70.1 Å². The predicted molar refractivity (Wildman–Crippen MR) is 62.1 cm³/mol. The summed E-state index contributed by atoms with van der Waals surface area (Å²) in [6, 6.07) is 0. The molecule has 1 rings (SSSR count). The largest absolute Gasteiger partial charge is 0.464 e. The Morgan fingerprint density at radius 3 is 2.69 bits per heavy atom. The van der Waals surface area contributed by atoms with Crippen molar-refractivity contribution in [3.05, 3.63) is 23.2 Å². The lowest BCUT2D eigenvalue weighted by Crippen LogP contribution is -2.08. The number of aromatic nitrogens is 2. The lowest BCUT2D eigenvalue weighted by molar-refractivity contribution is 0.0595. The zero-order valence-corrected chi connectivity index (χ0v) is 10.1. The van der Waals surface area contributed by atoms with Gasteiger partial charge in [0.05, 0.1) is 7.11 Å². The van der Waals surface area contributed by atoms with E-state index in [9.17, 15) is 4.79 Å². The molecule has 0 aliphatic carbocycles. The Labute approximate surface area is 94.9 Å². The molecule has 1 aromatic heterocycles. The fourth-order valence-electron chi connectivity index (χ4n) is 1.33. The number of carbonyl (C=O) groups is 1. The normalized spacial score (nSPS) is 10.0. The molecule has 0 saturated carbocycles. The minimum absolute atomic E-state index is 0.183. The van der Waals surface area contributed by atoms with Crippen molar-refractivity contribution in [2.24, 2.45) is 0 Å². The number of allylic oxidation sites excluding steroid dienone is 2. The van der Waals surface area contributed by atoms with Gasteiger partial charge in [0.2, 0.25) is 0 Å². The van der Waals surface area contributed by atoms with Crippen molar-refractivity contribution in [1.82, 2.24) is 9.55 Å². The standard InChI is InChI=1S/C11H17N3O2/c1-7(2)5-6-14-8(3)13-9(10(14)12)11(15)16-4/h5H,6,12H2,1-4H3. The Hall–Kier alpha value is -1.78. The SMILES string of the molecule is COC(=O)c1nc(C)n(CC=C(C)C)c1N. The maximum Gasteiger partial charge on any atom is 0.360 e. The molecule has 5 heteroatoms. The van der Waals surface area contributed by atoms with Gasteiger partial charge in [0.25, 0.3) is 0 Å². The van der Waals surface area contributed by atoms with Gasteiger partial charge in [-0.1, -0.05) is 11.6 Å². The smallest absolute Gasteiger partial charge is 0.360 e. The molecule has 0 amide bonds. The van der Waals surface area contributed by atoms with Crippen LogP contribution in [0.15, 0.2) is 11.6 Å². The molecule has 0 fully saturated rings. The summed E-state index contributed by atoms with van der Waals surface area (Å²) in [5, 5.41) is 0. The number of hydrogen-bond donors (Lipinski definition) is 1. The Kier molecular flexibility index (Phi) is 3.71. The van der Waals surface area contributed by atoms with Gasteiger partial charge >= 0.3 is 5.97 Å². The molecule has 0 aromatic carbocycles. The Balaban J connectivity index is 3.07. The number of nitrogens with zero attached hydrogens (tertiary/aromatic N) is 2. The summed E-state index contributed by atoms with van der Waals surface area (Å²) in [7, 11) is 1.31. The van der Waals surface area contributed by atoms with Crippen LogP contribution in [0.5, 0.6) is 0 Å². The maximum atomic E-state index is 11.3. The third-order valence-electron chi connectivity index (χ3n) is 2.26. The van der Waals surface area contributed by atoms with Crippen LogP contribution in [0.3, 0.4) is 0 Å². The Bertz CT molecular complexity index is 429. The highest BCUT2D eigenvalue weighted by molar-refractivity contribution is 5.92. The molecule has 1 aromatic rings. The lowest BCUT2D eigenvalue weighted by atomic mass is 10.3. The number of nitrogen functional groups attached to an aromatic ring is 1. The second-order valence-corrected chi connectivity index (χ2v) is 3.78.